The third kappa shape index (κ3) is 5.58. The molecule has 0 aromatic heterocycles. The molecule has 2 amide bonds. The van der Waals surface area contributed by atoms with Crippen molar-refractivity contribution >= 4 is 18.0 Å². The Balaban J connectivity index is 1.30. The zero-order valence-corrected chi connectivity index (χ0v) is 19.5. The lowest BCUT2D eigenvalue weighted by atomic mass is 9.98. The molecule has 2 aliphatic rings. The lowest BCUT2D eigenvalue weighted by Crippen LogP contribution is -2.40. The van der Waals surface area contributed by atoms with Gasteiger partial charge >= 0.3 is 12.1 Å². The molecular weight excluding hydrogens is 432 g/mol. The molecule has 2 aromatic rings. The topological polar surface area (TPSA) is 105 Å². The van der Waals surface area contributed by atoms with E-state index in [0.29, 0.717) is 19.4 Å². The van der Waals surface area contributed by atoms with E-state index in [2.05, 4.69) is 41.8 Å². The summed E-state index contributed by atoms with van der Waals surface area (Å²) in [6.45, 7) is 2.65. The molecule has 180 valence electrons. The number of nitrogens with one attached hydrogen (secondary N) is 2. The minimum atomic E-state index is -0.808. The molecule has 0 bridgehead atoms. The van der Waals surface area contributed by atoms with Gasteiger partial charge < -0.3 is 20.5 Å². The van der Waals surface area contributed by atoms with Crippen molar-refractivity contribution in [1.29, 1.82) is 0 Å². The van der Waals surface area contributed by atoms with E-state index in [9.17, 15) is 14.4 Å². The molecule has 0 saturated heterocycles. The number of carbonyl (C=O) groups is 3. The van der Waals surface area contributed by atoms with Gasteiger partial charge in [0.1, 0.15) is 6.61 Å². The Bertz CT molecular complexity index is 1010. The van der Waals surface area contributed by atoms with Crippen LogP contribution in [0.4, 0.5) is 4.79 Å². The summed E-state index contributed by atoms with van der Waals surface area (Å²) in [5.74, 6) is -1.36. The van der Waals surface area contributed by atoms with Crippen LogP contribution in [0.15, 0.2) is 48.5 Å². The van der Waals surface area contributed by atoms with E-state index in [1.54, 1.807) is 0 Å². The number of rotatable bonds is 11. The van der Waals surface area contributed by atoms with Crippen LogP contribution >= 0.6 is 0 Å². The van der Waals surface area contributed by atoms with Crippen LogP contribution < -0.4 is 10.6 Å². The molecule has 1 fully saturated rings. The third-order valence-electron chi connectivity index (χ3n) is 6.80. The number of alkyl carbamates (subject to hydrolysis) is 1. The van der Waals surface area contributed by atoms with Gasteiger partial charge in [0, 0.05) is 24.9 Å². The van der Waals surface area contributed by atoms with Crippen LogP contribution in [0.2, 0.25) is 0 Å². The van der Waals surface area contributed by atoms with E-state index in [1.807, 2.05) is 24.3 Å². The molecule has 3 N–H and O–H groups in total. The van der Waals surface area contributed by atoms with E-state index >= 15 is 0 Å². The van der Waals surface area contributed by atoms with Gasteiger partial charge in [-0.05, 0) is 41.0 Å². The Kier molecular flexibility index (Phi) is 7.50. The van der Waals surface area contributed by atoms with Crippen molar-refractivity contribution < 1.29 is 24.2 Å². The number of carboxylic acid groups (broad SMARTS) is 1. The quantitative estimate of drug-likeness (QED) is 0.460. The smallest absolute Gasteiger partial charge is 0.407 e. The van der Waals surface area contributed by atoms with Gasteiger partial charge in [0.25, 0.3) is 0 Å². The van der Waals surface area contributed by atoms with Crippen molar-refractivity contribution in [3.63, 3.8) is 0 Å². The maximum atomic E-state index is 12.6. The van der Waals surface area contributed by atoms with E-state index in [-0.39, 0.29) is 42.7 Å². The average Bonchev–Trinajstić information content (AvgIpc) is 3.55. The maximum absolute atomic E-state index is 12.6. The second-order valence-electron chi connectivity index (χ2n) is 9.26. The van der Waals surface area contributed by atoms with Crippen LogP contribution in [0.5, 0.6) is 0 Å². The van der Waals surface area contributed by atoms with Crippen LogP contribution in [0, 0.1) is 11.8 Å². The van der Waals surface area contributed by atoms with E-state index in [1.165, 1.54) is 11.1 Å². The number of ether oxygens (including phenoxy) is 1. The molecule has 4 rings (SSSR count). The summed E-state index contributed by atoms with van der Waals surface area (Å²) in [7, 11) is 0. The second kappa shape index (κ2) is 10.7. The zero-order chi connectivity index (χ0) is 24.1. The first-order valence-electron chi connectivity index (χ1n) is 12.1. The fourth-order valence-corrected chi connectivity index (χ4v) is 4.80. The first kappa shape index (κ1) is 23.8. The number of hydrogen-bond acceptors (Lipinski definition) is 4. The molecule has 0 radical (unpaired) electrons. The molecule has 0 spiro atoms. The second-order valence-corrected chi connectivity index (χ2v) is 9.26. The van der Waals surface area contributed by atoms with Gasteiger partial charge in [-0.25, -0.2) is 4.79 Å². The standard InChI is InChI=1S/C27H32N2O5/c1-2-3-8-18(14-25(30)28-15-17-13-23(17)26(31)32)29-27(33)34-16-24-21-11-6-4-9-19(21)20-10-5-7-12-22(20)24/h4-7,9-12,17-18,23-24H,2-3,8,13-16H2,1H3,(H,28,30)(H,29,33)(H,31,32)/t17-,18+,23-/m1/s1. The fourth-order valence-electron chi connectivity index (χ4n) is 4.80. The highest BCUT2D eigenvalue weighted by Crippen LogP contribution is 2.44. The lowest BCUT2D eigenvalue weighted by Gasteiger charge is -2.20. The predicted molar refractivity (Wildman–Crippen MR) is 128 cm³/mol. The highest BCUT2D eigenvalue weighted by molar-refractivity contribution is 5.80. The molecule has 3 atom stereocenters. The summed E-state index contributed by atoms with van der Waals surface area (Å²) in [4.78, 5) is 36.0. The monoisotopic (exact) mass is 464 g/mol. The number of hydrogen-bond donors (Lipinski definition) is 3. The third-order valence-corrected chi connectivity index (χ3v) is 6.80. The molecule has 0 aliphatic heterocycles. The first-order valence-corrected chi connectivity index (χ1v) is 12.1. The average molecular weight is 465 g/mol. The van der Waals surface area contributed by atoms with Crippen molar-refractivity contribution in [2.24, 2.45) is 11.8 Å². The van der Waals surface area contributed by atoms with Crippen LogP contribution in [0.1, 0.15) is 56.1 Å². The minimum Gasteiger partial charge on any atom is -0.481 e. The number of carbonyl (C=O) groups excluding carboxylic acids is 2. The van der Waals surface area contributed by atoms with Gasteiger partial charge in [0.2, 0.25) is 5.91 Å². The van der Waals surface area contributed by atoms with Gasteiger partial charge in [0.05, 0.1) is 5.92 Å². The summed E-state index contributed by atoms with van der Waals surface area (Å²) in [6, 6.07) is 16.0. The Labute approximate surface area is 199 Å². The molecule has 2 aliphatic carbocycles. The van der Waals surface area contributed by atoms with Gasteiger partial charge in [0.15, 0.2) is 0 Å². The number of unbranched alkanes of at least 4 members (excludes halogenated alkanes) is 1. The zero-order valence-electron chi connectivity index (χ0n) is 19.5. The van der Waals surface area contributed by atoms with Crippen molar-refractivity contribution in [3.05, 3.63) is 59.7 Å². The van der Waals surface area contributed by atoms with Crippen LogP contribution in [0.25, 0.3) is 11.1 Å². The normalized spacial score (nSPS) is 19.0. The van der Waals surface area contributed by atoms with Gasteiger partial charge in [-0.1, -0.05) is 68.3 Å². The highest BCUT2D eigenvalue weighted by Gasteiger charge is 2.43. The van der Waals surface area contributed by atoms with E-state index < -0.39 is 12.1 Å². The van der Waals surface area contributed by atoms with Crippen molar-refractivity contribution in [3.8, 4) is 11.1 Å². The molecule has 0 heterocycles. The highest BCUT2D eigenvalue weighted by atomic mass is 16.5. The van der Waals surface area contributed by atoms with E-state index in [0.717, 1.165) is 24.0 Å². The Morgan fingerprint density at radius 3 is 2.29 bits per heavy atom. The van der Waals surface area contributed by atoms with Gasteiger partial charge in [-0.3, -0.25) is 9.59 Å². The lowest BCUT2D eigenvalue weighted by molar-refractivity contribution is -0.139. The van der Waals surface area contributed by atoms with Crippen LogP contribution in [0.3, 0.4) is 0 Å². The summed E-state index contributed by atoms with van der Waals surface area (Å²) in [5, 5.41) is 14.7. The first-order chi connectivity index (χ1) is 16.5. The molecule has 0 unspecified atom stereocenters. The molecule has 2 aromatic carbocycles. The van der Waals surface area contributed by atoms with Crippen LogP contribution in [-0.2, 0) is 14.3 Å². The summed E-state index contributed by atoms with van der Waals surface area (Å²) < 4.78 is 5.63. The maximum Gasteiger partial charge on any atom is 0.407 e. The van der Waals surface area contributed by atoms with Gasteiger partial charge in [-0.15, -0.1) is 0 Å². The fraction of sp³-hybridized carbons (Fsp3) is 0.444. The number of fused-ring (bicyclic) bond motifs is 3. The van der Waals surface area contributed by atoms with Crippen molar-refractivity contribution in [2.75, 3.05) is 13.2 Å². The number of amides is 2. The van der Waals surface area contributed by atoms with E-state index in [4.69, 9.17) is 9.84 Å². The summed E-state index contributed by atoms with van der Waals surface area (Å²) in [5.41, 5.74) is 4.65. The number of benzene rings is 2. The molecule has 7 heteroatoms. The Morgan fingerprint density at radius 1 is 1.06 bits per heavy atom. The van der Waals surface area contributed by atoms with Crippen molar-refractivity contribution in [1.82, 2.24) is 10.6 Å². The SMILES string of the molecule is CCCC[C@@H](CC(=O)NC[C@H]1C[C@H]1C(=O)O)NC(=O)OCC1c2ccccc2-c2ccccc21. The summed E-state index contributed by atoms with van der Waals surface area (Å²) in [6.07, 6.45) is 2.73. The Morgan fingerprint density at radius 2 is 1.71 bits per heavy atom. The molecular formula is C27H32N2O5. The minimum absolute atomic E-state index is 0.00522. The van der Waals surface area contributed by atoms with Crippen LogP contribution in [-0.4, -0.2) is 42.3 Å². The van der Waals surface area contributed by atoms with Gasteiger partial charge in [-0.2, -0.15) is 0 Å². The number of aliphatic carboxylic acids is 1. The molecule has 7 nitrogen and oxygen atoms in total. The molecule has 1 saturated carbocycles. The van der Waals surface area contributed by atoms with Crippen molar-refractivity contribution in [2.45, 2.75) is 51.0 Å². The Hall–Kier alpha value is -3.35. The summed E-state index contributed by atoms with van der Waals surface area (Å²) >= 11 is 0. The number of carboxylic acids is 1. The predicted octanol–water partition coefficient (Wildman–Crippen LogP) is 4.31. The molecule has 34 heavy (non-hydrogen) atoms. The largest absolute Gasteiger partial charge is 0.481 e.